The fourth-order valence-corrected chi connectivity index (χ4v) is 4.58. The molecule has 0 aliphatic carbocycles. The van der Waals surface area contributed by atoms with Crippen molar-refractivity contribution in [3.63, 3.8) is 0 Å². The molecule has 0 radical (unpaired) electrons. The molecule has 4 rings (SSSR count). The first-order chi connectivity index (χ1) is 15.0. The average Bonchev–Trinajstić information content (AvgIpc) is 3.40. The van der Waals surface area contributed by atoms with E-state index in [4.69, 9.17) is 21.1 Å². The molecular weight excluding hydrogens is 438 g/mol. The number of amides is 1. The summed E-state index contributed by atoms with van der Waals surface area (Å²) in [7, 11) is 2.97. The van der Waals surface area contributed by atoms with Crippen molar-refractivity contribution in [3.8, 4) is 11.5 Å². The average molecular weight is 456 g/mol. The van der Waals surface area contributed by atoms with Gasteiger partial charge in [-0.25, -0.2) is 0 Å². The van der Waals surface area contributed by atoms with Crippen molar-refractivity contribution in [1.29, 1.82) is 0 Å². The zero-order valence-electron chi connectivity index (χ0n) is 16.7. The van der Waals surface area contributed by atoms with Gasteiger partial charge in [0.15, 0.2) is 0 Å². The van der Waals surface area contributed by atoms with E-state index in [1.165, 1.54) is 36.5 Å². The van der Waals surface area contributed by atoms with Crippen LogP contribution >= 0.6 is 22.9 Å². The maximum atomic E-state index is 13.1. The van der Waals surface area contributed by atoms with Crippen LogP contribution in [0.15, 0.2) is 65.6 Å². The van der Waals surface area contributed by atoms with Crippen LogP contribution in [0.3, 0.4) is 0 Å². The summed E-state index contributed by atoms with van der Waals surface area (Å²) in [5.41, 5.74) is 0.688. The van der Waals surface area contributed by atoms with Crippen molar-refractivity contribution in [2.45, 2.75) is 6.04 Å². The highest BCUT2D eigenvalue weighted by Crippen LogP contribution is 2.45. The fourth-order valence-electron chi connectivity index (χ4n) is 3.59. The number of nitrogens with zero attached hydrogens (tertiary/aromatic N) is 1. The van der Waals surface area contributed by atoms with Gasteiger partial charge >= 0.3 is 0 Å². The number of rotatable bonds is 5. The zero-order chi connectivity index (χ0) is 22.1. The predicted molar refractivity (Wildman–Crippen MR) is 120 cm³/mol. The summed E-state index contributed by atoms with van der Waals surface area (Å²) in [6, 6.07) is 14.4. The van der Waals surface area contributed by atoms with E-state index in [0.29, 0.717) is 22.2 Å². The number of aliphatic hydroxyl groups is 1. The number of anilines is 1. The monoisotopic (exact) mass is 455 g/mol. The Morgan fingerprint density at radius 3 is 2.55 bits per heavy atom. The van der Waals surface area contributed by atoms with Crippen LogP contribution in [0, 0.1) is 0 Å². The highest BCUT2D eigenvalue weighted by molar-refractivity contribution is 7.10. The standard InChI is InChI=1S/C23H18ClNO5S/c1-29-15-6-3-5-14(12-15)25-20(18-7-4-10-31-18)19(22(27)23(25)28)21(26)16-11-13(24)8-9-17(16)30-2/h3-12,20,26H,1-2H3/b21-19-. The van der Waals surface area contributed by atoms with E-state index in [2.05, 4.69) is 0 Å². The first-order valence-electron chi connectivity index (χ1n) is 9.28. The van der Waals surface area contributed by atoms with Crippen LogP contribution < -0.4 is 14.4 Å². The molecule has 1 N–H and O–H groups in total. The summed E-state index contributed by atoms with van der Waals surface area (Å²) in [4.78, 5) is 28.4. The molecular formula is C23H18ClNO5S. The Kier molecular flexibility index (Phi) is 5.71. The molecule has 2 aromatic carbocycles. The molecule has 1 atom stereocenters. The van der Waals surface area contributed by atoms with E-state index < -0.39 is 17.7 Å². The van der Waals surface area contributed by atoms with Gasteiger partial charge in [-0.15, -0.1) is 11.3 Å². The SMILES string of the molecule is COc1cccc(N2C(=O)C(=O)/C(=C(\O)c3cc(Cl)ccc3OC)C2c2cccs2)c1. The number of hydrogen-bond donors (Lipinski definition) is 1. The normalized spacial score (nSPS) is 17.8. The lowest BCUT2D eigenvalue weighted by Crippen LogP contribution is -2.29. The van der Waals surface area contributed by atoms with E-state index in [-0.39, 0.29) is 16.9 Å². The Morgan fingerprint density at radius 1 is 1.06 bits per heavy atom. The quantitative estimate of drug-likeness (QED) is 0.331. The summed E-state index contributed by atoms with van der Waals surface area (Å²) in [5.74, 6) is -1.00. The van der Waals surface area contributed by atoms with Crippen molar-refractivity contribution >= 4 is 46.1 Å². The number of thiophene rings is 1. The first-order valence-corrected chi connectivity index (χ1v) is 10.5. The van der Waals surface area contributed by atoms with Gasteiger partial charge in [-0.3, -0.25) is 14.5 Å². The summed E-state index contributed by atoms with van der Waals surface area (Å²) >= 11 is 7.50. The van der Waals surface area contributed by atoms with Gasteiger partial charge in [-0.1, -0.05) is 23.7 Å². The van der Waals surface area contributed by atoms with E-state index >= 15 is 0 Å². The molecule has 2 heterocycles. The molecule has 1 aromatic heterocycles. The molecule has 1 fully saturated rings. The first kappa shape index (κ1) is 21.0. The second-order valence-corrected chi connectivity index (χ2v) is 8.15. The number of aliphatic hydroxyl groups excluding tert-OH is 1. The van der Waals surface area contributed by atoms with E-state index in [0.717, 1.165) is 4.88 Å². The van der Waals surface area contributed by atoms with Crippen LogP contribution in [0.25, 0.3) is 5.76 Å². The second kappa shape index (κ2) is 8.45. The third-order valence-corrected chi connectivity index (χ3v) is 6.17. The minimum absolute atomic E-state index is 0.0316. The molecule has 6 nitrogen and oxygen atoms in total. The number of methoxy groups -OCH3 is 2. The molecule has 1 amide bonds. The lowest BCUT2D eigenvalue weighted by molar-refractivity contribution is -0.132. The minimum atomic E-state index is -0.809. The number of halogens is 1. The Hall–Kier alpha value is -3.29. The van der Waals surface area contributed by atoms with Gasteiger partial charge < -0.3 is 14.6 Å². The Morgan fingerprint density at radius 2 is 1.87 bits per heavy atom. The van der Waals surface area contributed by atoms with Gasteiger partial charge in [0.05, 0.1) is 25.4 Å². The largest absolute Gasteiger partial charge is 0.507 e. The van der Waals surface area contributed by atoms with Gasteiger partial charge in [-0.2, -0.15) is 0 Å². The van der Waals surface area contributed by atoms with Crippen LogP contribution in [-0.2, 0) is 9.59 Å². The molecule has 1 aliphatic heterocycles. The predicted octanol–water partition coefficient (Wildman–Crippen LogP) is 5.05. The molecule has 0 saturated carbocycles. The Balaban J connectivity index is 1.96. The number of ether oxygens (including phenoxy) is 2. The maximum Gasteiger partial charge on any atom is 0.300 e. The molecule has 0 bridgehead atoms. The zero-order valence-corrected chi connectivity index (χ0v) is 18.2. The lowest BCUT2D eigenvalue weighted by Gasteiger charge is -2.24. The van der Waals surface area contributed by atoms with Crippen LogP contribution in [0.1, 0.15) is 16.5 Å². The summed E-state index contributed by atoms with van der Waals surface area (Å²) in [6.07, 6.45) is 0. The Labute approximate surface area is 187 Å². The second-order valence-electron chi connectivity index (χ2n) is 6.73. The van der Waals surface area contributed by atoms with Gasteiger partial charge in [0.1, 0.15) is 23.3 Å². The van der Waals surface area contributed by atoms with Gasteiger partial charge in [0, 0.05) is 21.7 Å². The third-order valence-electron chi connectivity index (χ3n) is 5.01. The number of benzene rings is 2. The van der Waals surface area contributed by atoms with E-state index in [1.807, 2.05) is 17.5 Å². The van der Waals surface area contributed by atoms with Crippen molar-refractivity contribution in [2.24, 2.45) is 0 Å². The van der Waals surface area contributed by atoms with Crippen LogP contribution in [0.2, 0.25) is 5.02 Å². The van der Waals surface area contributed by atoms with Gasteiger partial charge in [0.25, 0.3) is 11.7 Å². The minimum Gasteiger partial charge on any atom is -0.507 e. The van der Waals surface area contributed by atoms with Crippen molar-refractivity contribution in [3.05, 3.63) is 81.0 Å². The molecule has 8 heteroatoms. The Bertz CT molecular complexity index is 1190. The molecule has 31 heavy (non-hydrogen) atoms. The van der Waals surface area contributed by atoms with Crippen LogP contribution in [-0.4, -0.2) is 31.0 Å². The highest BCUT2D eigenvalue weighted by Gasteiger charge is 2.47. The van der Waals surface area contributed by atoms with Gasteiger partial charge in [0.2, 0.25) is 0 Å². The number of Topliss-reactive ketones (excluding diaryl/α,β-unsaturated/α-hetero) is 1. The van der Waals surface area contributed by atoms with Crippen LogP contribution in [0.4, 0.5) is 5.69 Å². The van der Waals surface area contributed by atoms with Crippen molar-refractivity contribution in [1.82, 2.24) is 0 Å². The number of hydrogen-bond acceptors (Lipinski definition) is 6. The number of carbonyl (C=O) groups is 2. The number of ketones is 1. The molecule has 1 unspecified atom stereocenters. The molecule has 0 spiro atoms. The highest BCUT2D eigenvalue weighted by atomic mass is 35.5. The van der Waals surface area contributed by atoms with Gasteiger partial charge in [-0.05, 0) is 41.8 Å². The van der Waals surface area contributed by atoms with Crippen LogP contribution in [0.5, 0.6) is 11.5 Å². The van der Waals surface area contributed by atoms with E-state index in [9.17, 15) is 14.7 Å². The smallest absolute Gasteiger partial charge is 0.300 e. The molecule has 158 valence electrons. The van der Waals surface area contributed by atoms with Crippen molar-refractivity contribution < 1.29 is 24.2 Å². The molecule has 3 aromatic rings. The maximum absolute atomic E-state index is 13.1. The fraction of sp³-hybridized carbons (Fsp3) is 0.130. The summed E-state index contributed by atoms with van der Waals surface area (Å²) < 4.78 is 10.6. The molecule has 1 saturated heterocycles. The lowest BCUT2D eigenvalue weighted by atomic mass is 9.99. The van der Waals surface area contributed by atoms with Crippen molar-refractivity contribution in [2.75, 3.05) is 19.1 Å². The summed E-state index contributed by atoms with van der Waals surface area (Å²) in [5, 5.41) is 13.4. The molecule has 1 aliphatic rings. The number of carbonyl (C=O) groups excluding carboxylic acids is 2. The summed E-state index contributed by atoms with van der Waals surface area (Å²) in [6.45, 7) is 0. The van der Waals surface area contributed by atoms with E-state index in [1.54, 1.807) is 36.4 Å². The topological polar surface area (TPSA) is 76.1 Å². The third kappa shape index (κ3) is 3.66.